The third-order valence-corrected chi connectivity index (χ3v) is 7.20. The summed E-state index contributed by atoms with van der Waals surface area (Å²) in [5.41, 5.74) is 2.35. The van der Waals surface area contributed by atoms with E-state index in [4.69, 9.17) is 18.0 Å². The summed E-state index contributed by atoms with van der Waals surface area (Å²) in [6.45, 7) is 1.86. The highest BCUT2D eigenvalue weighted by Gasteiger charge is 2.45. The number of nitrogens with zero attached hydrogens (tertiary/aromatic N) is 1. The minimum atomic E-state index is -4.17. The maximum atomic E-state index is 13.7. The van der Waals surface area contributed by atoms with Crippen LogP contribution in [0.15, 0.2) is 77.7 Å². The van der Waals surface area contributed by atoms with Crippen LogP contribution < -0.4 is 4.31 Å². The van der Waals surface area contributed by atoms with E-state index in [9.17, 15) is 13.2 Å². The first kappa shape index (κ1) is 20.2. The van der Waals surface area contributed by atoms with Crippen molar-refractivity contribution in [3.63, 3.8) is 0 Å². The zero-order valence-electron chi connectivity index (χ0n) is 16.1. The van der Waals surface area contributed by atoms with Gasteiger partial charge in [0.1, 0.15) is 0 Å². The van der Waals surface area contributed by atoms with Crippen LogP contribution >= 0.6 is 11.6 Å². The molecule has 0 N–H and O–H groups in total. The molecule has 0 radical (unpaired) electrons. The van der Waals surface area contributed by atoms with Crippen molar-refractivity contribution < 1.29 is 13.2 Å². The first-order valence-corrected chi connectivity index (χ1v) is 11.1. The number of terminal acetylenes is 1. The Morgan fingerprint density at radius 1 is 1.00 bits per heavy atom. The van der Waals surface area contributed by atoms with E-state index in [1.807, 2.05) is 13.0 Å². The Morgan fingerprint density at radius 2 is 1.67 bits per heavy atom. The third-order valence-electron chi connectivity index (χ3n) is 5.24. The van der Waals surface area contributed by atoms with Gasteiger partial charge in [-0.15, -0.1) is 6.42 Å². The smallest absolute Gasteiger partial charge is 0.270 e. The topological polar surface area (TPSA) is 54.5 Å². The second-order valence-corrected chi connectivity index (χ2v) is 9.38. The molecule has 0 aliphatic carbocycles. The number of halogens is 1. The zero-order chi connectivity index (χ0) is 21.5. The van der Waals surface area contributed by atoms with E-state index in [2.05, 4.69) is 5.92 Å². The number of rotatable bonds is 3. The Kier molecular flexibility index (Phi) is 5.15. The fraction of sp³-hybridized carbons (Fsp3) is 0.125. The predicted molar refractivity (Wildman–Crippen MR) is 118 cm³/mol. The summed E-state index contributed by atoms with van der Waals surface area (Å²) in [7, 11) is -4.17. The van der Waals surface area contributed by atoms with Gasteiger partial charge in [-0.3, -0.25) is 4.79 Å². The van der Waals surface area contributed by atoms with Crippen molar-refractivity contribution in [1.82, 2.24) is 0 Å². The molecule has 30 heavy (non-hydrogen) atoms. The SMILES string of the molecule is C#C[C@@H]1c2ccc(Cl)cc2N(S(=O)(=O)c2ccc(C)cc2)C(=O)[C@H]1c1ccccc1. The minimum Gasteiger partial charge on any atom is -0.273 e. The van der Waals surface area contributed by atoms with Gasteiger partial charge in [0.05, 0.1) is 22.4 Å². The van der Waals surface area contributed by atoms with Crippen molar-refractivity contribution >= 4 is 33.2 Å². The van der Waals surface area contributed by atoms with Crippen LogP contribution in [0.4, 0.5) is 5.69 Å². The average molecular weight is 436 g/mol. The van der Waals surface area contributed by atoms with Crippen LogP contribution in [-0.4, -0.2) is 14.3 Å². The molecule has 0 saturated heterocycles. The minimum absolute atomic E-state index is 0.0262. The highest BCUT2D eigenvalue weighted by atomic mass is 35.5. The van der Waals surface area contributed by atoms with Crippen LogP contribution in [0.25, 0.3) is 0 Å². The molecule has 150 valence electrons. The maximum Gasteiger partial charge on any atom is 0.270 e. The van der Waals surface area contributed by atoms with Crippen molar-refractivity contribution in [1.29, 1.82) is 0 Å². The van der Waals surface area contributed by atoms with Gasteiger partial charge in [0, 0.05) is 5.02 Å². The summed E-state index contributed by atoms with van der Waals surface area (Å²) in [4.78, 5) is 13.7. The van der Waals surface area contributed by atoms with E-state index in [1.54, 1.807) is 48.5 Å². The number of sulfonamides is 1. The number of carbonyl (C=O) groups excluding carboxylic acids is 1. The monoisotopic (exact) mass is 435 g/mol. The van der Waals surface area contributed by atoms with E-state index < -0.39 is 27.8 Å². The van der Waals surface area contributed by atoms with Crippen molar-refractivity contribution in [2.24, 2.45) is 0 Å². The van der Waals surface area contributed by atoms with Crippen LogP contribution in [0.1, 0.15) is 28.5 Å². The van der Waals surface area contributed by atoms with Gasteiger partial charge >= 0.3 is 0 Å². The Balaban J connectivity index is 1.97. The molecular formula is C24H18ClNO3S. The van der Waals surface area contributed by atoms with Crippen LogP contribution in [0.5, 0.6) is 0 Å². The Labute approximate surface area is 181 Å². The van der Waals surface area contributed by atoms with E-state index >= 15 is 0 Å². The van der Waals surface area contributed by atoms with Crippen molar-refractivity contribution in [2.45, 2.75) is 23.7 Å². The number of anilines is 1. The number of hydrogen-bond acceptors (Lipinski definition) is 3. The van der Waals surface area contributed by atoms with Gasteiger partial charge < -0.3 is 0 Å². The molecule has 4 nitrogen and oxygen atoms in total. The Hall–Kier alpha value is -3.07. The molecule has 0 bridgehead atoms. The number of carbonyl (C=O) groups is 1. The van der Waals surface area contributed by atoms with Crippen LogP contribution in [0.3, 0.4) is 0 Å². The van der Waals surface area contributed by atoms with E-state index in [-0.39, 0.29) is 10.6 Å². The summed E-state index contributed by atoms with van der Waals surface area (Å²) < 4.78 is 28.0. The van der Waals surface area contributed by atoms with E-state index in [0.717, 1.165) is 9.87 Å². The normalized spacial score (nSPS) is 18.6. The Bertz CT molecular complexity index is 1260. The summed E-state index contributed by atoms with van der Waals surface area (Å²) >= 11 is 6.17. The molecule has 1 aliphatic rings. The van der Waals surface area contributed by atoms with E-state index in [0.29, 0.717) is 16.1 Å². The lowest BCUT2D eigenvalue weighted by atomic mass is 9.78. The lowest BCUT2D eigenvalue weighted by molar-refractivity contribution is -0.119. The molecule has 0 unspecified atom stereocenters. The lowest BCUT2D eigenvalue weighted by Gasteiger charge is -2.37. The van der Waals surface area contributed by atoms with Gasteiger partial charge in [-0.05, 0) is 42.3 Å². The number of fused-ring (bicyclic) bond motifs is 1. The fourth-order valence-electron chi connectivity index (χ4n) is 3.77. The standard InChI is InChI=1S/C24H18ClNO3S/c1-3-20-21-14-11-18(25)15-22(21)26(24(27)23(20)17-7-5-4-6-8-17)30(28,29)19-12-9-16(2)10-13-19/h1,4-15,20,23H,2H3/t20-,23+/m1/s1. The molecule has 0 spiro atoms. The molecule has 2 atom stereocenters. The first-order chi connectivity index (χ1) is 14.3. The summed E-state index contributed by atoms with van der Waals surface area (Å²) in [5.74, 6) is 0.652. The zero-order valence-corrected chi connectivity index (χ0v) is 17.7. The molecule has 4 rings (SSSR count). The summed E-state index contributed by atoms with van der Waals surface area (Å²) in [5, 5.41) is 0.319. The largest absolute Gasteiger partial charge is 0.273 e. The third kappa shape index (κ3) is 3.28. The second-order valence-electron chi connectivity index (χ2n) is 7.16. The molecule has 1 aliphatic heterocycles. The summed E-state index contributed by atoms with van der Waals surface area (Å²) in [6.07, 6.45) is 5.83. The molecular weight excluding hydrogens is 418 g/mol. The lowest BCUT2D eigenvalue weighted by Crippen LogP contribution is -2.45. The maximum absolute atomic E-state index is 13.7. The Morgan fingerprint density at radius 3 is 2.30 bits per heavy atom. The van der Waals surface area contributed by atoms with Gasteiger partial charge in [-0.25, -0.2) is 12.7 Å². The quantitative estimate of drug-likeness (QED) is 0.551. The number of benzene rings is 3. The second kappa shape index (κ2) is 7.64. The number of aryl methyl sites for hydroxylation is 1. The highest BCUT2D eigenvalue weighted by molar-refractivity contribution is 7.93. The molecule has 0 fully saturated rings. The van der Waals surface area contributed by atoms with Crippen LogP contribution in [-0.2, 0) is 14.8 Å². The number of hydrogen-bond donors (Lipinski definition) is 0. The molecule has 1 amide bonds. The fourth-order valence-corrected chi connectivity index (χ4v) is 5.39. The van der Waals surface area contributed by atoms with E-state index in [1.165, 1.54) is 18.2 Å². The molecule has 0 saturated carbocycles. The number of amides is 1. The molecule has 3 aromatic rings. The van der Waals surface area contributed by atoms with Gasteiger partial charge in [-0.2, -0.15) is 0 Å². The average Bonchev–Trinajstić information content (AvgIpc) is 2.73. The van der Waals surface area contributed by atoms with Crippen LogP contribution in [0, 0.1) is 19.3 Å². The molecule has 3 aromatic carbocycles. The predicted octanol–water partition coefficient (Wildman–Crippen LogP) is 4.88. The molecule has 6 heteroatoms. The van der Waals surface area contributed by atoms with Gasteiger partial charge in [0.25, 0.3) is 10.0 Å². The molecule has 0 aromatic heterocycles. The van der Waals surface area contributed by atoms with Crippen molar-refractivity contribution in [3.05, 3.63) is 94.5 Å². The highest BCUT2D eigenvalue weighted by Crippen LogP contribution is 2.46. The van der Waals surface area contributed by atoms with Gasteiger partial charge in [0.2, 0.25) is 5.91 Å². The first-order valence-electron chi connectivity index (χ1n) is 9.31. The van der Waals surface area contributed by atoms with Gasteiger partial charge in [0.15, 0.2) is 0 Å². The molecule has 1 heterocycles. The summed E-state index contributed by atoms with van der Waals surface area (Å²) in [6, 6.07) is 20.2. The van der Waals surface area contributed by atoms with Crippen molar-refractivity contribution in [3.8, 4) is 12.3 Å². The van der Waals surface area contributed by atoms with Gasteiger partial charge in [-0.1, -0.05) is 71.6 Å². The van der Waals surface area contributed by atoms with Crippen molar-refractivity contribution in [2.75, 3.05) is 4.31 Å². The van der Waals surface area contributed by atoms with Crippen LogP contribution in [0.2, 0.25) is 5.02 Å².